The maximum absolute atomic E-state index is 12.3. The van der Waals surface area contributed by atoms with E-state index in [1.54, 1.807) is 24.3 Å². The number of hydrogen-bond acceptors (Lipinski definition) is 7. The molecule has 0 radical (unpaired) electrons. The molecule has 0 bridgehead atoms. The zero-order chi connectivity index (χ0) is 19.6. The lowest BCUT2D eigenvalue weighted by atomic mass is 10.2. The van der Waals surface area contributed by atoms with E-state index in [4.69, 9.17) is 4.42 Å². The summed E-state index contributed by atoms with van der Waals surface area (Å²) in [6.07, 6.45) is 1.13. The minimum absolute atomic E-state index is 0.0427. The summed E-state index contributed by atoms with van der Waals surface area (Å²) >= 11 is 0. The summed E-state index contributed by atoms with van der Waals surface area (Å²) in [5.41, 5.74) is 1.98. The van der Waals surface area contributed by atoms with Gasteiger partial charge in [-0.1, -0.05) is 5.10 Å². The molecule has 1 heterocycles. The van der Waals surface area contributed by atoms with Gasteiger partial charge >= 0.3 is 6.01 Å². The highest BCUT2D eigenvalue weighted by Crippen LogP contribution is 2.22. The predicted octanol–water partition coefficient (Wildman–Crippen LogP) is 2.46. The summed E-state index contributed by atoms with van der Waals surface area (Å²) < 4.78 is 28.4. The van der Waals surface area contributed by atoms with Crippen LogP contribution in [0, 0.1) is 0 Å². The van der Waals surface area contributed by atoms with E-state index in [1.807, 2.05) is 31.1 Å². The second kappa shape index (κ2) is 7.20. The maximum Gasteiger partial charge on any atom is 0.322 e. The van der Waals surface area contributed by atoms with Crippen molar-refractivity contribution in [2.24, 2.45) is 0 Å². The topological polar surface area (TPSA) is 105 Å². The first-order chi connectivity index (χ1) is 12.7. The van der Waals surface area contributed by atoms with Gasteiger partial charge in [-0.3, -0.25) is 10.1 Å². The second-order valence-electron chi connectivity index (χ2n) is 6.10. The van der Waals surface area contributed by atoms with Crippen molar-refractivity contribution in [1.29, 1.82) is 0 Å². The molecule has 0 aliphatic heterocycles. The van der Waals surface area contributed by atoms with Crippen LogP contribution in [0.5, 0.6) is 0 Å². The van der Waals surface area contributed by atoms with Gasteiger partial charge in [0, 0.05) is 37.2 Å². The summed E-state index contributed by atoms with van der Waals surface area (Å²) in [5, 5.41) is 10.2. The van der Waals surface area contributed by atoms with Gasteiger partial charge in [0.05, 0.1) is 4.90 Å². The molecule has 1 amide bonds. The molecule has 140 valence electrons. The van der Waals surface area contributed by atoms with Crippen molar-refractivity contribution >= 4 is 27.4 Å². The van der Waals surface area contributed by atoms with Crippen LogP contribution in [0.25, 0.3) is 11.5 Å². The molecular weight excluding hydrogens is 368 g/mol. The Kier molecular flexibility index (Phi) is 4.95. The lowest BCUT2D eigenvalue weighted by Gasteiger charge is -2.12. The Labute approximate surface area is 156 Å². The molecule has 0 unspecified atom stereocenters. The Morgan fingerprint density at radius 1 is 1.00 bits per heavy atom. The smallest absolute Gasteiger partial charge is 0.322 e. The fourth-order valence-electron chi connectivity index (χ4n) is 2.32. The molecule has 0 spiro atoms. The number of carbonyl (C=O) groups excluding carboxylic acids is 1. The van der Waals surface area contributed by atoms with E-state index in [0.29, 0.717) is 11.1 Å². The van der Waals surface area contributed by atoms with E-state index in [-0.39, 0.29) is 22.7 Å². The maximum atomic E-state index is 12.3. The molecule has 0 atom stereocenters. The molecule has 27 heavy (non-hydrogen) atoms. The van der Waals surface area contributed by atoms with Crippen LogP contribution < -0.4 is 10.2 Å². The van der Waals surface area contributed by atoms with Crippen LogP contribution in [0.2, 0.25) is 0 Å². The number of nitrogens with zero attached hydrogens (tertiary/aromatic N) is 3. The second-order valence-corrected chi connectivity index (χ2v) is 8.12. The van der Waals surface area contributed by atoms with E-state index in [9.17, 15) is 13.2 Å². The number of aromatic nitrogens is 2. The van der Waals surface area contributed by atoms with Gasteiger partial charge in [0.15, 0.2) is 9.84 Å². The average Bonchev–Trinajstić information content (AvgIpc) is 3.09. The minimum atomic E-state index is -3.28. The third-order valence-electron chi connectivity index (χ3n) is 3.82. The Hall–Kier alpha value is -3.20. The molecule has 2 aromatic carbocycles. The fraction of sp³-hybridized carbons (Fsp3) is 0.167. The van der Waals surface area contributed by atoms with E-state index in [0.717, 1.165) is 11.9 Å². The quantitative estimate of drug-likeness (QED) is 0.718. The number of anilines is 2. The Morgan fingerprint density at radius 2 is 1.63 bits per heavy atom. The number of sulfone groups is 1. The molecular formula is C18H18N4O4S. The van der Waals surface area contributed by atoms with Gasteiger partial charge in [-0.05, 0) is 48.5 Å². The fourth-order valence-corrected chi connectivity index (χ4v) is 2.95. The van der Waals surface area contributed by atoms with Crippen molar-refractivity contribution in [2.75, 3.05) is 30.6 Å². The Morgan fingerprint density at radius 3 is 2.19 bits per heavy atom. The molecule has 0 aliphatic carbocycles. The normalized spacial score (nSPS) is 11.2. The molecule has 3 aromatic rings. The van der Waals surface area contributed by atoms with Crippen LogP contribution in [0.15, 0.2) is 57.8 Å². The molecule has 0 saturated carbocycles. The summed E-state index contributed by atoms with van der Waals surface area (Å²) in [4.78, 5) is 14.4. The largest absolute Gasteiger partial charge is 0.403 e. The first-order valence-electron chi connectivity index (χ1n) is 7.97. The first-order valence-corrected chi connectivity index (χ1v) is 9.86. The number of amides is 1. The average molecular weight is 386 g/mol. The van der Waals surface area contributed by atoms with Gasteiger partial charge in [0.25, 0.3) is 5.91 Å². The van der Waals surface area contributed by atoms with Crippen LogP contribution in [-0.4, -0.2) is 44.9 Å². The molecule has 1 aromatic heterocycles. The Balaban J connectivity index is 1.73. The number of benzene rings is 2. The van der Waals surface area contributed by atoms with Gasteiger partial charge in [-0.15, -0.1) is 5.10 Å². The van der Waals surface area contributed by atoms with E-state index in [2.05, 4.69) is 15.5 Å². The molecule has 9 heteroatoms. The van der Waals surface area contributed by atoms with Crippen LogP contribution in [0.1, 0.15) is 10.4 Å². The lowest BCUT2D eigenvalue weighted by Crippen LogP contribution is -2.13. The standard InChI is InChI=1S/C18H18N4O4S/c1-22(2)14-8-4-12(5-9-14)16(23)19-18-21-20-17(26-18)13-6-10-15(11-7-13)27(3,24)25/h4-11H,1-3H3,(H,19,21,23). The highest BCUT2D eigenvalue weighted by Gasteiger charge is 2.14. The highest BCUT2D eigenvalue weighted by molar-refractivity contribution is 7.90. The van der Waals surface area contributed by atoms with Crippen molar-refractivity contribution in [1.82, 2.24) is 10.2 Å². The summed E-state index contributed by atoms with van der Waals surface area (Å²) in [6, 6.07) is 13.1. The lowest BCUT2D eigenvalue weighted by molar-refractivity contribution is 0.102. The van der Waals surface area contributed by atoms with Gasteiger partial charge < -0.3 is 9.32 Å². The third kappa shape index (κ3) is 4.32. The molecule has 0 aliphatic rings. The molecule has 3 rings (SSSR count). The number of rotatable bonds is 5. The molecule has 8 nitrogen and oxygen atoms in total. The molecule has 1 N–H and O–H groups in total. The predicted molar refractivity (Wildman–Crippen MR) is 102 cm³/mol. The van der Waals surface area contributed by atoms with Crippen LogP contribution in [-0.2, 0) is 9.84 Å². The molecule has 0 fully saturated rings. The van der Waals surface area contributed by atoms with Crippen molar-refractivity contribution < 1.29 is 17.6 Å². The SMILES string of the molecule is CN(C)c1ccc(C(=O)Nc2nnc(-c3ccc(S(C)(=O)=O)cc3)o2)cc1. The number of carbonyl (C=O) groups is 1. The van der Waals surface area contributed by atoms with Gasteiger partial charge in [-0.25, -0.2) is 8.42 Å². The third-order valence-corrected chi connectivity index (χ3v) is 4.95. The van der Waals surface area contributed by atoms with E-state index >= 15 is 0 Å². The van der Waals surface area contributed by atoms with Gasteiger partial charge in [0.1, 0.15) is 0 Å². The van der Waals surface area contributed by atoms with Crippen LogP contribution in [0.4, 0.5) is 11.7 Å². The number of hydrogen-bond donors (Lipinski definition) is 1. The van der Waals surface area contributed by atoms with Crippen molar-refractivity contribution in [3.8, 4) is 11.5 Å². The zero-order valence-electron chi connectivity index (χ0n) is 15.0. The van der Waals surface area contributed by atoms with Gasteiger partial charge in [0.2, 0.25) is 5.89 Å². The van der Waals surface area contributed by atoms with E-state index in [1.165, 1.54) is 12.1 Å². The Bertz CT molecular complexity index is 1060. The summed E-state index contributed by atoms with van der Waals surface area (Å²) in [5.74, 6) is -0.198. The van der Waals surface area contributed by atoms with Gasteiger partial charge in [-0.2, -0.15) is 0 Å². The monoisotopic (exact) mass is 386 g/mol. The van der Waals surface area contributed by atoms with E-state index < -0.39 is 9.84 Å². The minimum Gasteiger partial charge on any atom is -0.403 e. The van der Waals surface area contributed by atoms with Crippen LogP contribution in [0.3, 0.4) is 0 Å². The van der Waals surface area contributed by atoms with Crippen molar-refractivity contribution in [2.45, 2.75) is 4.90 Å². The summed E-state index contributed by atoms with van der Waals surface area (Å²) in [7, 11) is 0.550. The van der Waals surface area contributed by atoms with Crippen LogP contribution >= 0.6 is 0 Å². The van der Waals surface area contributed by atoms with Crippen molar-refractivity contribution in [3.63, 3.8) is 0 Å². The number of nitrogens with one attached hydrogen (secondary N) is 1. The molecule has 0 saturated heterocycles. The van der Waals surface area contributed by atoms with Crippen molar-refractivity contribution in [3.05, 3.63) is 54.1 Å². The highest BCUT2D eigenvalue weighted by atomic mass is 32.2. The zero-order valence-corrected chi connectivity index (χ0v) is 15.8. The first kappa shape index (κ1) is 18.6. The summed E-state index contributed by atoms with van der Waals surface area (Å²) in [6.45, 7) is 0.